The maximum atomic E-state index is 11.3. The van der Waals surface area contributed by atoms with Gasteiger partial charge >= 0.3 is 0 Å². The zero-order valence-corrected chi connectivity index (χ0v) is 7.29. The highest BCUT2D eigenvalue weighted by Gasteiger charge is 2.07. The lowest BCUT2D eigenvalue weighted by atomic mass is 10.2. The second kappa shape index (κ2) is 2.89. The molecule has 0 fully saturated rings. The smallest absolute Gasteiger partial charge is 0.264 e. The summed E-state index contributed by atoms with van der Waals surface area (Å²) in [5, 5.41) is 0. The molecule has 0 unspecified atom stereocenters. The zero-order valence-electron chi connectivity index (χ0n) is 7.29. The molecule has 1 aromatic rings. The zero-order chi connectivity index (χ0) is 9.30. The fraction of sp³-hybridized carbons (Fsp3) is 0.375. The maximum Gasteiger partial charge on any atom is 0.264 e. The number of aryl methyl sites for hydroxylation is 1. The van der Waals surface area contributed by atoms with Gasteiger partial charge in [-0.2, -0.15) is 0 Å². The Morgan fingerprint density at radius 1 is 1.58 bits per heavy atom. The number of ketones is 1. The molecule has 12 heavy (non-hydrogen) atoms. The summed E-state index contributed by atoms with van der Waals surface area (Å²) in [5.41, 5.74) is -0.141. The first-order valence-electron chi connectivity index (χ1n) is 3.57. The lowest BCUT2D eigenvalue weighted by Gasteiger charge is -2.02. The van der Waals surface area contributed by atoms with Crippen molar-refractivity contribution in [3.8, 4) is 0 Å². The number of aromatic nitrogens is 2. The van der Waals surface area contributed by atoms with E-state index in [1.165, 1.54) is 17.7 Å². The lowest BCUT2D eigenvalue weighted by Crippen LogP contribution is -2.25. The van der Waals surface area contributed by atoms with Crippen LogP contribution in [0.1, 0.15) is 23.1 Å². The summed E-state index contributed by atoms with van der Waals surface area (Å²) in [4.78, 5) is 26.1. The number of nitrogens with zero attached hydrogens (tertiary/aromatic N) is 2. The summed E-state index contributed by atoms with van der Waals surface area (Å²) >= 11 is 0. The molecule has 0 amide bonds. The van der Waals surface area contributed by atoms with E-state index in [1.54, 1.807) is 14.0 Å². The van der Waals surface area contributed by atoms with Crippen molar-refractivity contribution in [2.75, 3.05) is 0 Å². The van der Waals surface area contributed by atoms with Crippen LogP contribution in [0.5, 0.6) is 0 Å². The normalized spacial score (nSPS) is 9.92. The quantitative estimate of drug-likeness (QED) is 0.563. The SMILES string of the molecule is CC(=O)c1cnc(C)n(C)c1=O. The third-order valence-corrected chi connectivity index (χ3v) is 1.78. The summed E-state index contributed by atoms with van der Waals surface area (Å²) in [6, 6.07) is 0. The Morgan fingerprint density at radius 2 is 2.17 bits per heavy atom. The number of hydrogen-bond donors (Lipinski definition) is 0. The molecule has 0 atom stereocenters. The molecule has 0 bridgehead atoms. The molecule has 64 valence electrons. The van der Waals surface area contributed by atoms with E-state index in [1.807, 2.05) is 0 Å². The predicted molar refractivity (Wildman–Crippen MR) is 44.2 cm³/mol. The highest BCUT2D eigenvalue weighted by Crippen LogP contribution is 1.92. The average Bonchev–Trinajstić information content (AvgIpc) is 2.00. The summed E-state index contributed by atoms with van der Waals surface area (Å²) in [6.45, 7) is 3.07. The Kier molecular flexibility index (Phi) is 2.08. The van der Waals surface area contributed by atoms with Crippen molar-refractivity contribution in [1.29, 1.82) is 0 Å². The number of hydrogen-bond acceptors (Lipinski definition) is 3. The van der Waals surface area contributed by atoms with Gasteiger partial charge in [-0.3, -0.25) is 14.2 Å². The molecule has 0 radical (unpaired) electrons. The third kappa shape index (κ3) is 1.28. The highest BCUT2D eigenvalue weighted by atomic mass is 16.1. The molecule has 4 nitrogen and oxygen atoms in total. The molecule has 0 N–H and O–H groups in total. The minimum atomic E-state index is -0.282. The number of carbonyl (C=O) groups excluding carboxylic acids is 1. The largest absolute Gasteiger partial charge is 0.299 e. The summed E-state index contributed by atoms with van der Waals surface area (Å²) in [7, 11) is 1.59. The fourth-order valence-electron chi connectivity index (χ4n) is 0.869. The first-order valence-corrected chi connectivity index (χ1v) is 3.57. The van der Waals surface area contributed by atoms with Crippen molar-refractivity contribution in [2.24, 2.45) is 7.05 Å². The number of carbonyl (C=O) groups is 1. The van der Waals surface area contributed by atoms with Crippen LogP contribution in [0.4, 0.5) is 0 Å². The fourth-order valence-corrected chi connectivity index (χ4v) is 0.869. The molecule has 1 heterocycles. The van der Waals surface area contributed by atoms with Crippen molar-refractivity contribution in [3.63, 3.8) is 0 Å². The number of rotatable bonds is 1. The van der Waals surface area contributed by atoms with Crippen molar-refractivity contribution in [2.45, 2.75) is 13.8 Å². The first kappa shape index (κ1) is 8.64. The minimum absolute atomic E-state index is 0.142. The third-order valence-electron chi connectivity index (χ3n) is 1.78. The summed E-state index contributed by atoms with van der Waals surface area (Å²) in [6.07, 6.45) is 1.32. The van der Waals surface area contributed by atoms with Crippen LogP contribution in [0.3, 0.4) is 0 Å². The molecular weight excluding hydrogens is 156 g/mol. The highest BCUT2D eigenvalue weighted by molar-refractivity contribution is 5.93. The van der Waals surface area contributed by atoms with Crippen molar-refractivity contribution >= 4 is 5.78 Å². The first-order chi connectivity index (χ1) is 5.54. The van der Waals surface area contributed by atoms with Gasteiger partial charge in [0.2, 0.25) is 0 Å². The Hall–Kier alpha value is -1.45. The van der Waals surface area contributed by atoms with Gasteiger partial charge in [-0.15, -0.1) is 0 Å². The van der Waals surface area contributed by atoms with Gasteiger partial charge in [0.05, 0.1) is 0 Å². The van der Waals surface area contributed by atoms with E-state index < -0.39 is 0 Å². The minimum Gasteiger partial charge on any atom is -0.299 e. The molecule has 0 aromatic carbocycles. The monoisotopic (exact) mass is 166 g/mol. The van der Waals surface area contributed by atoms with Crippen molar-refractivity contribution in [1.82, 2.24) is 9.55 Å². The molecule has 1 rings (SSSR count). The van der Waals surface area contributed by atoms with E-state index in [-0.39, 0.29) is 16.9 Å². The molecule has 0 saturated carbocycles. The van der Waals surface area contributed by atoms with Crippen LogP contribution in [-0.4, -0.2) is 15.3 Å². The molecular formula is C8H10N2O2. The topological polar surface area (TPSA) is 52.0 Å². The van der Waals surface area contributed by atoms with E-state index >= 15 is 0 Å². The van der Waals surface area contributed by atoms with Crippen LogP contribution in [-0.2, 0) is 7.05 Å². The van der Waals surface area contributed by atoms with Gasteiger partial charge in [0.15, 0.2) is 5.78 Å². The predicted octanol–water partition coefficient (Wildman–Crippen LogP) is 0.291. The van der Waals surface area contributed by atoms with E-state index in [0.717, 1.165) is 0 Å². The second-order valence-electron chi connectivity index (χ2n) is 2.64. The Morgan fingerprint density at radius 3 is 2.67 bits per heavy atom. The van der Waals surface area contributed by atoms with Crippen LogP contribution < -0.4 is 5.56 Å². The molecule has 0 aliphatic heterocycles. The Bertz CT molecular complexity index is 379. The van der Waals surface area contributed by atoms with E-state index in [9.17, 15) is 9.59 Å². The average molecular weight is 166 g/mol. The molecule has 1 aromatic heterocycles. The molecule has 4 heteroatoms. The molecule has 0 aliphatic carbocycles. The van der Waals surface area contributed by atoms with Crippen LogP contribution in [0.25, 0.3) is 0 Å². The van der Waals surface area contributed by atoms with Gasteiger partial charge in [0.1, 0.15) is 11.4 Å². The second-order valence-corrected chi connectivity index (χ2v) is 2.64. The number of Topliss-reactive ketones (excluding diaryl/α,β-unsaturated/α-hetero) is 1. The van der Waals surface area contributed by atoms with Gasteiger partial charge in [-0.05, 0) is 13.8 Å². The van der Waals surface area contributed by atoms with E-state index in [4.69, 9.17) is 0 Å². The summed E-state index contributed by atoms with van der Waals surface area (Å²) in [5.74, 6) is 0.355. The van der Waals surface area contributed by atoms with Gasteiger partial charge in [0, 0.05) is 13.2 Å². The van der Waals surface area contributed by atoms with Gasteiger partial charge in [0.25, 0.3) is 5.56 Å². The van der Waals surface area contributed by atoms with Crippen LogP contribution >= 0.6 is 0 Å². The van der Waals surface area contributed by atoms with E-state index in [0.29, 0.717) is 5.82 Å². The van der Waals surface area contributed by atoms with Gasteiger partial charge in [-0.25, -0.2) is 4.98 Å². The Labute approximate surface area is 69.9 Å². The van der Waals surface area contributed by atoms with Crippen molar-refractivity contribution in [3.05, 3.63) is 27.9 Å². The van der Waals surface area contributed by atoms with Gasteiger partial charge in [-0.1, -0.05) is 0 Å². The van der Waals surface area contributed by atoms with E-state index in [2.05, 4.69) is 4.98 Å². The maximum absolute atomic E-state index is 11.3. The van der Waals surface area contributed by atoms with Crippen LogP contribution in [0.15, 0.2) is 11.0 Å². The lowest BCUT2D eigenvalue weighted by molar-refractivity contribution is 0.101. The van der Waals surface area contributed by atoms with Gasteiger partial charge < -0.3 is 0 Å². The molecule has 0 aliphatic rings. The molecule has 0 spiro atoms. The van der Waals surface area contributed by atoms with Crippen LogP contribution in [0, 0.1) is 6.92 Å². The van der Waals surface area contributed by atoms with Crippen molar-refractivity contribution < 1.29 is 4.79 Å². The summed E-state index contributed by atoms with van der Waals surface area (Å²) < 4.78 is 1.36. The standard InChI is InChI=1S/C8H10N2O2/c1-5(11)7-4-9-6(2)10(3)8(7)12/h4H,1-3H3. The Balaban J connectivity index is 3.47. The molecule has 0 saturated heterocycles. The van der Waals surface area contributed by atoms with Crippen LogP contribution in [0.2, 0.25) is 0 Å².